The third-order valence-corrected chi connectivity index (χ3v) is 1.85. The lowest BCUT2D eigenvalue weighted by atomic mass is 10.5. The van der Waals surface area contributed by atoms with E-state index >= 15 is 0 Å². The Labute approximate surface area is 98.9 Å². The molecule has 0 atom stereocenters. The molecule has 3 N–H and O–H groups in total. The summed E-state index contributed by atoms with van der Waals surface area (Å²) in [4.78, 5) is 25.0. The number of carboxylic acid groups (broad SMARTS) is 1. The number of halogens is 1. The summed E-state index contributed by atoms with van der Waals surface area (Å²) in [7, 11) is 0. The molecule has 0 radical (unpaired) electrons. The molecular formula is C8H8BrN3O4. The smallest absolute Gasteiger partial charge is 0.414 e. The topological polar surface area (TPSA) is 101 Å². The molecular weight excluding hydrogens is 282 g/mol. The normalized spacial score (nSPS) is 9.31. The van der Waals surface area contributed by atoms with Gasteiger partial charge in [-0.15, -0.1) is 0 Å². The Hall–Kier alpha value is -1.83. The molecule has 16 heavy (non-hydrogen) atoms. The molecule has 0 saturated carbocycles. The van der Waals surface area contributed by atoms with Crippen LogP contribution in [-0.4, -0.2) is 28.9 Å². The van der Waals surface area contributed by atoms with Crippen LogP contribution in [-0.2, 0) is 0 Å². The first-order valence-corrected chi connectivity index (χ1v) is 4.91. The minimum atomic E-state index is -1.23. The average molecular weight is 290 g/mol. The fourth-order valence-electron chi connectivity index (χ4n) is 0.758. The molecule has 7 nitrogen and oxygen atoms in total. The average Bonchev–Trinajstić information content (AvgIpc) is 2.21. The molecule has 0 aromatic carbocycles. The van der Waals surface area contributed by atoms with Crippen LogP contribution in [0.2, 0.25) is 0 Å². The number of pyridine rings is 1. The van der Waals surface area contributed by atoms with E-state index in [2.05, 4.69) is 26.2 Å². The van der Waals surface area contributed by atoms with Gasteiger partial charge in [0.2, 0.25) is 0 Å². The van der Waals surface area contributed by atoms with Gasteiger partial charge < -0.3 is 20.5 Å². The lowest BCUT2D eigenvalue weighted by Gasteiger charge is -2.05. The summed E-state index contributed by atoms with van der Waals surface area (Å²) in [6, 6.07) is 3.15. The molecule has 2 amide bonds. The Kier molecular flexibility index (Phi) is 4.52. The van der Waals surface area contributed by atoms with Gasteiger partial charge in [-0.3, -0.25) is 0 Å². The van der Waals surface area contributed by atoms with Crippen LogP contribution in [0.3, 0.4) is 0 Å². The minimum Gasteiger partial charge on any atom is -0.465 e. The van der Waals surface area contributed by atoms with Crippen LogP contribution in [0.15, 0.2) is 22.9 Å². The Balaban J connectivity index is 2.34. The number of amides is 2. The number of carbonyl (C=O) groups is 2. The molecule has 1 rings (SSSR count). The van der Waals surface area contributed by atoms with Crippen LogP contribution in [0.1, 0.15) is 0 Å². The first-order chi connectivity index (χ1) is 7.58. The maximum atomic E-state index is 11.1. The van der Waals surface area contributed by atoms with Crippen molar-refractivity contribution in [3.63, 3.8) is 0 Å². The number of nitrogens with zero attached hydrogens (tertiary/aromatic N) is 1. The zero-order valence-corrected chi connectivity index (χ0v) is 9.52. The molecule has 0 aliphatic rings. The summed E-state index contributed by atoms with van der Waals surface area (Å²) < 4.78 is 5.40. The number of ether oxygens (including phenoxy) is 1. The Bertz CT molecular complexity index is 381. The number of aromatic nitrogens is 1. The highest BCUT2D eigenvalue weighted by Crippen LogP contribution is 2.12. The Morgan fingerprint density at radius 2 is 2.19 bits per heavy atom. The third kappa shape index (κ3) is 4.60. The maximum Gasteiger partial charge on any atom is 0.414 e. The van der Waals surface area contributed by atoms with E-state index in [4.69, 9.17) is 9.84 Å². The van der Waals surface area contributed by atoms with Gasteiger partial charge >= 0.3 is 12.2 Å². The van der Waals surface area contributed by atoms with Gasteiger partial charge in [-0.1, -0.05) is 0 Å². The van der Waals surface area contributed by atoms with Crippen molar-refractivity contribution in [3.8, 4) is 5.75 Å². The summed E-state index contributed by atoms with van der Waals surface area (Å²) in [6.07, 6.45) is -0.641. The van der Waals surface area contributed by atoms with Crippen molar-refractivity contribution >= 4 is 28.1 Å². The van der Waals surface area contributed by atoms with Crippen LogP contribution in [0.4, 0.5) is 9.59 Å². The first-order valence-electron chi connectivity index (χ1n) is 4.12. The van der Waals surface area contributed by atoms with Gasteiger partial charge in [0.05, 0.1) is 12.9 Å². The monoisotopic (exact) mass is 289 g/mol. The van der Waals surface area contributed by atoms with Gasteiger partial charge in [0.25, 0.3) is 0 Å². The lowest BCUT2D eigenvalue weighted by molar-refractivity contribution is 0.188. The van der Waals surface area contributed by atoms with E-state index in [0.29, 0.717) is 4.60 Å². The fraction of sp³-hybridized carbons (Fsp3) is 0.125. The quantitative estimate of drug-likeness (QED) is 0.573. The van der Waals surface area contributed by atoms with Gasteiger partial charge in [0.1, 0.15) is 4.60 Å². The van der Waals surface area contributed by atoms with Crippen LogP contribution in [0.5, 0.6) is 5.75 Å². The van der Waals surface area contributed by atoms with Crippen molar-refractivity contribution in [1.82, 2.24) is 15.6 Å². The van der Waals surface area contributed by atoms with Crippen molar-refractivity contribution in [2.45, 2.75) is 0 Å². The molecule has 1 aromatic heterocycles. The van der Waals surface area contributed by atoms with Crippen molar-refractivity contribution in [1.29, 1.82) is 0 Å². The predicted molar refractivity (Wildman–Crippen MR) is 57.1 cm³/mol. The van der Waals surface area contributed by atoms with Crippen molar-refractivity contribution in [2.75, 3.05) is 6.67 Å². The van der Waals surface area contributed by atoms with Crippen LogP contribution in [0, 0.1) is 0 Å². The van der Waals surface area contributed by atoms with Gasteiger partial charge in [-0.2, -0.15) is 0 Å². The Morgan fingerprint density at radius 3 is 2.75 bits per heavy atom. The Morgan fingerprint density at radius 1 is 1.44 bits per heavy atom. The van der Waals surface area contributed by atoms with Crippen LogP contribution < -0.4 is 15.4 Å². The summed E-state index contributed by atoms with van der Waals surface area (Å²) in [5.41, 5.74) is 0. The highest BCUT2D eigenvalue weighted by molar-refractivity contribution is 9.10. The predicted octanol–water partition coefficient (Wildman–Crippen LogP) is 1.16. The standard InChI is InChI=1S/C8H8BrN3O4/c9-6-2-1-5(3-10-6)16-8(15)12-4-11-7(13)14/h1-3,11H,4H2,(H,12,15)(H,13,14). The molecule has 1 heterocycles. The SMILES string of the molecule is O=C(O)NCNC(=O)Oc1ccc(Br)nc1. The number of hydrogen-bond donors (Lipinski definition) is 3. The van der Waals surface area contributed by atoms with E-state index in [1.165, 1.54) is 6.20 Å². The summed E-state index contributed by atoms with van der Waals surface area (Å²) in [5, 5.41) is 12.4. The van der Waals surface area contributed by atoms with Crippen molar-refractivity contribution in [3.05, 3.63) is 22.9 Å². The summed E-state index contributed by atoms with van der Waals surface area (Å²) in [5.74, 6) is 0.260. The number of carbonyl (C=O) groups excluding carboxylic acids is 1. The molecule has 86 valence electrons. The van der Waals surface area contributed by atoms with Crippen molar-refractivity contribution < 1.29 is 19.4 Å². The molecule has 0 spiro atoms. The molecule has 0 aliphatic carbocycles. The molecule has 1 aromatic rings. The van der Waals surface area contributed by atoms with E-state index < -0.39 is 12.2 Å². The highest BCUT2D eigenvalue weighted by atomic mass is 79.9. The molecule has 8 heteroatoms. The van der Waals surface area contributed by atoms with E-state index in [9.17, 15) is 9.59 Å². The number of hydrogen-bond acceptors (Lipinski definition) is 4. The zero-order valence-electron chi connectivity index (χ0n) is 7.94. The van der Waals surface area contributed by atoms with E-state index in [-0.39, 0.29) is 12.4 Å². The molecule has 0 saturated heterocycles. The molecule has 0 bridgehead atoms. The second-order valence-electron chi connectivity index (χ2n) is 2.54. The van der Waals surface area contributed by atoms with Gasteiger partial charge in [0, 0.05) is 0 Å². The highest BCUT2D eigenvalue weighted by Gasteiger charge is 2.04. The van der Waals surface area contributed by atoms with Crippen LogP contribution in [0.25, 0.3) is 0 Å². The fourth-order valence-corrected chi connectivity index (χ4v) is 0.992. The number of rotatable bonds is 3. The van der Waals surface area contributed by atoms with Crippen LogP contribution >= 0.6 is 15.9 Å². The zero-order chi connectivity index (χ0) is 12.0. The second kappa shape index (κ2) is 5.91. The van der Waals surface area contributed by atoms with Gasteiger partial charge in [-0.25, -0.2) is 14.6 Å². The van der Waals surface area contributed by atoms with Gasteiger partial charge in [0.15, 0.2) is 5.75 Å². The minimum absolute atomic E-state index is 0.224. The maximum absolute atomic E-state index is 11.1. The third-order valence-electron chi connectivity index (χ3n) is 1.38. The van der Waals surface area contributed by atoms with E-state index in [1.54, 1.807) is 12.1 Å². The molecule has 0 aliphatic heterocycles. The van der Waals surface area contributed by atoms with E-state index in [0.717, 1.165) is 0 Å². The molecule has 0 unspecified atom stereocenters. The number of nitrogens with one attached hydrogen (secondary N) is 2. The van der Waals surface area contributed by atoms with E-state index in [1.807, 2.05) is 5.32 Å². The molecule has 0 fully saturated rings. The lowest BCUT2D eigenvalue weighted by Crippen LogP contribution is -2.37. The summed E-state index contributed by atoms with van der Waals surface area (Å²) >= 11 is 3.13. The van der Waals surface area contributed by atoms with Gasteiger partial charge in [-0.05, 0) is 28.1 Å². The largest absolute Gasteiger partial charge is 0.465 e. The second-order valence-corrected chi connectivity index (χ2v) is 3.35. The van der Waals surface area contributed by atoms with Crippen molar-refractivity contribution in [2.24, 2.45) is 0 Å². The first kappa shape index (κ1) is 12.2. The summed E-state index contributed by atoms with van der Waals surface area (Å²) in [6.45, 7) is -0.224.